The van der Waals surface area contributed by atoms with Crippen LogP contribution in [0.4, 0.5) is 13.2 Å². The zero-order valence-corrected chi connectivity index (χ0v) is 10.1. The van der Waals surface area contributed by atoms with Gasteiger partial charge in [0.15, 0.2) is 0 Å². The molecule has 0 aromatic heterocycles. The third-order valence-electron chi connectivity index (χ3n) is 2.54. The minimum Gasteiger partial charge on any atom is -0.390 e. The third kappa shape index (κ3) is 4.22. The van der Waals surface area contributed by atoms with Crippen molar-refractivity contribution in [2.24, 2.45) is 5.73 Å². The highest BCUT2D eigenvalue weighted by molar-refractivity contribution is 5.74. The Morgan fingerprint density at radius 3 is 2.37 bits per heavy atom. The van der Waals surface area contributed by atoms with Crippen LogP contribution in [-0.2, 0) is 11.0 Å². The number of aliphatic hydroxyl groups is 2. The fourth-order valence-corrected chi connectivity index (χ4v) is 1.69. The third-order valence-corrected chi connectivity index (χ3v) is 2.54. The molecule has 0 heterocycles. The summed E-state index contributed by atoms with van der Waals surface area (Å²) in [5.41, 5.74) is 4.10. The van der Waals surface area contributed by atoms with E-state index in [0.717, 1.165) is 12.1 Å². The predicted molar refractivity (Wildman–Crippen MR) is 61.0 cm³/mol. The maximum absolute atomic E-state index is 12.6. The number of carbonyl (C=O) groups excluding carboxylic acids is 1. The first-order valence-corrected chi connectivity index (χ1v) is 5.44. The summed E-state index contributed by atoms with van der Waals surface area (Å²) in [7, 11) is 0. The van der Waals surface area contributed by atoms with Crippen molar-refractivity contribution < 1.29 is 28.2 Å². The quantitative estimate of drug-likeness (QED) is 0.775. The lowest BCUT2D eigenvalue weighted by Crippen LogP contribution is -2.26. The van der Waals surface area contributed by atoms with Gasteiger partial charge in [-0.25, -0.2) is 0 Å². The van der Waals surface area contributed by atoms with Crippen LogP contribution in [0.25, 0.3) is 0 Å². The zero-order valence-electron chi connectivity index (χ0n) is 10.1. The highest BCUT2D eigenvalue weighted by atomic mass is 19.4. The first kappa shape index (κ1) is 15.5. The van der Waals surface area contributed by atoms with Crippen LogP contribution in [0.5, 0.6) is 0 Å². The summed E-state index contributed by atoms with van der Waals surface area (Å²) in [6.07, 6.45) is -8.22. The molecule has 4 N–H and O–H groups in total. The maximum atomic E-state index is 12.6. The summed E-state index contributed by atoms with van der Waals surface area (Å²) in [5, 5.41) is 19.2. The molecule has 0 fully saturated rings. The summed E-state index contributed by atoms with van der Waals surface area (Å²) in [4.78, 5) is 10.6. The maximum Gasteiger partial charge on any atom is 0.416 e. The second-order valence-corrected chi connectivity index (χ2v) is 4.31. The molecule has 1 rings (SSSR count). The molecule has 7 heteroatoms. The van der Waals surface area contributed by atoms with Gasteiger partial charge in [0.1, 0.15) is 6.10 Å². The van der Waals surface area contributed by atoms with Gasteiger partial charge < -0.3 is 15.9 Å². The molecule has 0 saturated carbocycles. The molecule has 0 aliphatic heterocycles. The van der Waals surface area contributed by atoms with Crippen LogP contribution in [0.1, 0.15) is 29.2 Å². The Morgan fingerprint density at radius 1 is 1.32 bits per heavy atom. The fourth-order valence-electron chi connectivity index (χ4n) is 1.69. The van der Waals surface area contributed by atoms with Gasteiger partial charge in [-0.3, -0.25) is 4.79 Å². The van der Waals surface area contributed by atoms with Crippen LogP contribution in [0.15, 0.2) is 18.2 Å². The van der Waals surface area contributed by atoms with Crippen molar-refractivity contribution in [3.8, 4) is 0 Å². The van der Waals surface area contributed by atoms with E-state index in [2.05, 4.69) is 0 Å². The van der Waals surface area contributed by atoms with Gasteiger partial charge in [-0.05, 0) is 24.6 Å². The van der Waals surface area contributed by atoms with Crippen molar-refractivity contribution in [1.82, 2.24) is 0 Å². The summed E-state index contributed by atoms with van der Waals surface area (Å²) >= 11 is 0. The van der Waals surface area contributed by atoms with Crippen molar-refractivity contribution in [3.63, 3.8) is 0 Å². The fraction of sp³-hybridized carbons (Fsp3) is 0.417. The van der Waals surface area contributed by atoms with Crippen molar-refractivity contribution in [2.75, 3.05) is 0 Å². The Morgan fingerprint density at radius 2 is 1.89 bits per heavy atom. The average molecular weight is 277 g/mol. The molecule has 1 aromatic carbocycles. The van der Waals surface area contributed by atoms with E-state index in [1.807, 2.05) is 0 Å². The van der Waals surface area contributed by atoms with Crippen molar-refractivity contribution in [3.05, 3.63) is 34.9 Å². The number of carbonyl (C=O) groups is 1. The second-order valence-electron chi connectivity index (χ2n) is 4.31. The highest BCUT2D eigenvalue weighted by Gasteiger charge is 2.32. The molecule has 4 nitrogen and oxygen atoms in total. The number of hydrogen-bond donors (Lipinski definition) is 3. The first-order chi connectivity index (χ1) is 8.61. The van der Waals surface area contributed by atoms with Crippen LogP contribution in [0.2, 0.25) is 0 Å². The lowest BCUT2D eigenvalue weighted by Gasteiger charge is -2.19. The van der Waals surface area contributed by atoms with Gasteiger partial charge in [0, 0.05) is 0 Å². The monoisotopic (exact) mass is 277 g/mol. The van der Waals surface area contributed by atoms with E-state index in [1.165, 1.54) is 13.0 Å². The second kappa shape index (κ2) is 5.58. The molecule has 0 aliphatic rings. The van der Waals surface area contributed by atoms with E-state index >= 15 is 0 Å². The Hall–Kier alpha value is -1.60. The summed E-state index contributed by atoms with van der Waals surface area (Å²) < 4.78 is 37.8. The van der Waals surface area contributed by atoms with E-state index in [1.54, 1.807) is 0 Å². The Kier molecular flexibility index (Phi) is 4.54. The molecule has 2 atom stereocenters. The van der Waals surface area contributed by atoms with Gasteiger partial charge in [-0.2, -0.15) is 13.2 Å². The number of nitrogens with two attached hydrogens (primary N) is 1. The number of benzene rings is 1. The minimum absolute atomic E-state index is 0.110. The number of amides is 1. The van der Waals surface area contributed by atoms with E-state index in [0.29, 0.717) is 0 Å². The van der Waals surface area contributed by atoms with Gasteiger partial charge in [0.25, 0.3) is 0 Å². The molecule has 106 valence electrons. The number of halogens is 3. The van der Waals surface area contributed by atoms with E-state index < -0.39 is 36.3 Å². The lowest BCUT2D eigenvalue weighted by atomic mass is 9.97. The number of primary amides is 1. The molecule has 0 radical (unpaired) electrons. The number of alkyl halides is 3. The zero-order chi connectivity index (χ0) is 14.8. The molecular formula is C12H14F3NO3. The van der Waals surface area contributed by atoms with Crippen LogP contribution in [-0.4, -0.2) is 22.2 Å². The summed E-state index contributed by atoms with van der Waals surface area (Å²) in [6.45, 7) is 1.44. The molecule has 0 bridgehead atoms. The van der Waals surface area contributed by atoms with Crippen LogP contribution in [0.3, 0.4) is 0 Å². The first-order valence-electron chi connectivity index (χ1n) is 5.44. The number of aryl methyl sites for hydroxylation is 1. The Balaban J connectivity index is 3.06. The van der Waals surface area contributed by atoms with Crippen molar-refractivity contribution in [2.45, 2.75) is 31.7 Å². The predicted octanol–water partition coefficient (Wildman–Crippen LogP) is 1.28. The summed E-state index contributed by atoms with van der Waals surface area (Å²) in [6, 6.07) is 2.97. The number of aliphatic hydroxyl groups excluding tert-OH is 2. The highest BCUT2D eigenvalue weighted by Crippen LogP contribution is 2.32. The van der Waals surface area contributed by atoms with Gasteiger partial charge in [-0.15, -0.1) is 0 Å². The van der Waals surface area contributed by atoms with Crippen molar-refractivity contribution in [1.29, 1.82) is 0 Å². The molecule has 0 spiro atoms. The molecule has 1 amide bonds. The molecule has 1 aromatic rings. The molecular weight excluding hydrogens is 263 g/mol. The Bertz CT molecular complexity index is 474. The van der Waals surface area contributed by atoms with E-state index in [4.69, 9.17) is 5.73 Å². The SMILES string of the molecule is Cc1cc(C(O)C(O)CC(N)=O)cc(C(F)(F)F)c1. The Labute approximate surface area is 107 Å². The standard InChI is InChI=1S/C12H14F3NO3/c1-6-2-7(4-8(3-6)12(13,14)15)11(19)9(17)5-10(16)18/h2-4,9,11,17,19H,5H2,1H3,(H2,16,18). The smallest absolute Gasteiger partial charge is 0.390 e. The summed E-state index contributed by atoms with van der Waals surface area (Å²) in [5.74, 6) is -0.852. The minimum atomic E-state index is -4.55. The molecule has 0 aliphatic carbocycles. The number of rotatable bonds is 4. The molecule has 2 unspecified atom stereocenters. The van der Waals surface area contributed by atoms with Gasteiger partial charge in [0.2, 0.25) is 5.91 Å². The van der Waals surface area contributed by atoms with E-state index in [-0.39, 0.29) is 11.1 Å². The van der Waals surface area contributed by atoms with Crippen LogP contribution >= 0.6 is 0 Å². The topological polar surface area (TPSA) is 83.6 Å². The average Bonchev–Trinajstić information content (AvgIpc) is 2.25. The lowest BCUT2D eigenvalue weighted by molar-refractivity contribution is -0.137. The van der Waals surface area contributed by atoms with Gasteiger partial charge in [-0.1, -0.05) is 11.6 Å². The normalized spacial score (nSPS) is 15.1. The molecule has 19 heavy (non-hydrogen) atoms. The van der Waals surface area contributed by atoms with E-state index in [9.17, 15) is 28.2 Å². The van der Waals surface area contributed by atoms with Gasteiger partial charge in [0.05, 0.1) is 18.1 Å². The van der Waals surface area contributed by atoms with Crippen molar-refractivity contribution >= 4 is 5.91 Å². The van der Waals surface area contributed by atoms with Crippen LogP contribution in [0, 0.1) is 6.92 Å². The van der Waals surface area contributed by atoms with Crippen LogP contribution < -0.4 is 5.73 Å². The molecule has 0 saturated heterocycles. The van der Waals surface area contributed by atoms with Gasteiger partial charge >= 0.3 is 6.18 Å². The largest absolute Gasteiger partial charge is 0.416 e. The number of hydrogen-bond acceptors (Lipinski definition) is 3.